The minimum Gasteiger partial charge on any atom is -0.405 e. The molecule has 138 valence electrons. The first-order valence-electron chi connectivity index (χ1n) is 9.52. The van der Waals surface area contributed by atoms with Crippen LogP contribution in [0.4, 0.5) is 0 Å². The van der Waals surface area contributed by atoms with Crippen molar-refractivity contribution in [3.63, 3.8) is 0 Å². The van der Waals surface area contributed by atoms with E-state index in [1.165, 1.54) is 10.4 Å². The van der Waals surface area contributed by atoms with Gasteiger partial charge in [-0.05, 0) is 27.8 Å². The summed E-state index contributed by atoms with van der Waals surface area (Å²) in [6.45, 7) is 7.39. The lowest BCUT2D eigenvalue weighted by Crippen LogP contribution is -2.67. The van der Waals surface area contributed by atoms with Crippen LogP contribution >= 0.6 is 0 Å². The molecule has 3 nitrogen and oxygen atoms in total. The minimum absolute atomic E-state index is 0.0108. The Bertz CT molecular complexity index is 701. The second-order valence-corrected chi connectivity index (χ2v) is 12.9. The quantitative estimate of drug-likeness (QED) is 0.825. The summed E-state index contributed by atoms with van der Waals surface area (Å²) in [6.07, 6.45) is 0.472. The number of hydrogen-bond acceptors (Lipinski definition) is 3. The summed E-state index contributed by atoms with van der Waals surface area (Å²) in [5, 5.41) is 12.5. The maximum Gasteiger partial charge on any atom is 0.261 e. The van der Waals surface area contributed by atoms with E-state index >= 15 is 0 Å². The highest BCUT2D eigenvalue weighted by Crippen LogP contribution is 2.51. The Hall–Kier alpha value is -1.46. The van der Waals surface area contributed by atoms with Gasteiger partial charge in [0.25, 0.3) is 8.32 Å². The molecule has 1 heterocycles. The SMILES string of the molecule is CC(C)(C)[Si](OC[C@H]1OC(O)[C@H]2C[C@H]21)(c1ccccc1)c1ccccc1. The number of fused-ring (bicyclic) bond motifs is 1. The van der Waals surface area contributed by atoms with E-state index in [1.807, 2.05) is 0 Å². The largest absolute Gasteiger partial charge is 0.405 e. The molecule has 1 saturated carbocycles. The third kappa shape index (κ3) is 2.95. The van der Waals surface area contributed by atoms with Crippen LogP contribution in [0.5, 0.6) is 0 Å². The molecule has 4 atom stereocenters. The van der Waals surface area contributed by atoms with Crippen molar-refractivity contribution < 1.29 is 14.3 Å². The predicted molar refractivity (Wildman–Crippen MR) is 106 cm³/mol. The van der Waals surface area contributed by atoms with E-state index in [9.17, 15) is 5.11 Å². The molecule has 2 fully saturated rings. The number of aliphatic hydroxyl groups is 1. The van der Waals surface area contributed by atoms with Crippen LogP contribution in [0.3, 0.4) is 0 Å². The zero-order chi connectivity index (χ0) is 18.4. The van der Waals surface area contributed by atoms with Crippen molar-refractivity contribution in [3.8, 4) is 0 Å². The van der Waals surface area contributed by atoms with Crippen LogP contribution in [-0.4, -0.2) is 32.4 Å². The van der Waals surface area contributed by atoms with Gasteiger partial charge in [-0.25, -0.2) is 0 Å². The van der Waals surface area contributed by atoms with E-state index in [2.05, 4.69) is 81.4 Å². The van der Waals surface area contributed by atoms with Gasteiger partial charge in [0.2, 0.25) is 0 Å². The van der Waals surface area contributed by atoms with Gasteiger partial charge in [0.05, 0.1) is 12.7 Å². The molecule has 4 rings (SSSR count). The van der Waals surface area contributed by atoms with Gasteiger partial charge in [-0.15, -0.1) is 0 Å². The predicted octanol–water partition coefficient (Wildman–Crippen LogP) is 2.92. The highest BCUT2D eigenvalue weighted by atomic mass is 28.4. The third-order valence-corrected chi connectivity index (χ3v) is 10.9. The molecular weight excluding hydrogens is 340 g/mol. The fourth-order valence-electron chi connectivity index (χ4n) is 4.50. The fraction of sp³-hybridized carbons (Fsp3) is 0.455. The van der Waals surface area contributed by atoms with Gasteiger partial charge in [0.1, 0.15) is 0 Å². The topological polar surface area (TPSA) is 38.7 Å². The van der Waals surface area contributed by atoms with Gasteiger partial charge < -0.3 is 14.3 Å². The Labute approximate surface area is 157 Å². The highest BCUT2D eigenvalue weighted by molar-refractivity contribution is 6.99. The molecule has 2 aromatic rings. The third-order valence-electron chi connectivity index (χ3n) is 5.93. The number of aliphatic hydroxyl groups excluding tert-OH is 1. The standard InChI is InChI=1S/C22H28O3Si/c1-22(2,3)26(16-10-6-4-7-11-16,17-12-8-5-9-13-17)24-15-20-18-14-19(18)21(23)25-20/h4-13,18-21,23H,14-15H2,1-3H3/t18-,19+,20-,21?/m1/s1. The summed E-state index contributed by atoms with van der Waals surface area (Å²) >= 11 is 0. The summed E-state index contributed by atoms with van der Waals surface area (Å²) < 4.78 is 12.7. The molecule has 0 amide bonds. The number of hydrogen-bond donors (Lipinski definition) is 1. The van der Waals surface area contributed by atoms with Crippen LogP contribution in [0, 0.1) is 11.8 Å². The summed E-state index contributed by atoms with van der Waals surface area (Å²) in [7, 11) is -2.51. The van der Waals surface area contributed by atoms with Crippen molar-refractivity contribution in [2.75, 3.05) is 6.61 Å². The summed E-state index contributed by atoms with van der Waals surface area (Å²) in [5.41, 5.74) is 0. The molecule has 1 N–H and O–H groups in total. The van der Waals surface area contributed by atoms with Gasteiger partial charge in [-0.1, -0.05) is 81.4 Å². The van der Waals surface area contributed by atoms with E-state index in [0.717, 1.165) is 6.42 Å². The normalized spacial score (nSPS) is 28.0. The molecule has 1 aliphatic carbocycles. The molecule has 0 radical (unpaired) electrons. The van der Waals surface area contributed by atoms with Gasteiger partial charge in [-0.2, -0.15) is 0 Å². The molecule has 0 spiro atoms. The van der Waals surface area contributed by atoms with E-state index < -0.39 is 14.6 Å². The summed E-state index contributed by atoms with van der Waals surface area (Å²) in [4.78, 5) is 0. The van der Waals surface area contributed by atoms with Gasteiger partial charge in [0, 0.05) is 5.92 Å². The van der Waals surface area contributed by atoms with Crippen LogP contribution < -0.4 is 10.4 Å². The number of rotatable bonds is 5. The Morgan fingerprint density at radius 3 is 1.88 bits per heavy atom. The van der Waals surface area contributed by atoms with Gasteiger partial charge >= 0.3 is 0 Å². The van der Waals surface area contributed by atoms with Crippen molar-refractivity contribution >= 4 is 18.7 Å². The maximum atomic E-state index is 9.97. The highest BCUT2D eigenvalue weighted by Gasteiger charge is 2.57. The maximum absolute atomic E-state index is 9.97. The van der Waals surface area contributed by atoms with Gasteiger partial charge in [-0.3, -0.25) is 0 Å². The molecule has 2 aromatic carbocycles. The Morgan fingerprint density at radius 1 is 0.962 bits per heavy atom. The zero-order valence-electron chi connectivity index (χ0n) is 15.8. The van der Waals surface area contributed by atoms with Crippen molar-refractivity contribution in [1.29, 1.82) is 0 Å². The van der Waals surface area contributed by atoms with Crippen molar-refractivity contribution in [3.05, 3.63) is 60.7 Å². The molecule has 0 aromatic heterocycles. The Kier molecular flexibility index (Phi) is 4.56. The minimum atomic E-state index is -2.51. The summed E-state index contributed by atoms with van der Waals surface area (Å²) in [5.74, 6) is 0.783. The molecule has 0 bridgehead atoms. The van der Waals surface area contributed by atoms with Crippen molar-refractivity contribution in [1.82, 2.24) is 0 Å². The molecule has 1 unspecified atom stereocenters. The van der Waals surface area contributed by atoms with Crippen LogP contribution in [0.1, 0.15) is 27.2 Å². The molecular formula is C22H28O3Si. The van der Waals surface area contributed by atoms with Crippen molar-refractivity contribution in [2.45, 2.75) is 44.6 Å². The fourth-order valence-corrected chi connectivity index (χ4v) is 9.07. The zero-order valence-corrected chi connectivity index (χ0v) is 16.8. The smallest absolute Gasteiger partial charge is 0.261 e. The van der Waals surface area contributed by atoms with Crippen LogP contribution in [0.2, 0.25) is 5.04 Å². The Morgan fingerprint density at radius 2 is 1.50 bits per heavy atom. The number of ether oxygens (including phenoxy) is 1. The van der Waals surface area contributed by atoms with E-state index in [1.54, 1.807) is 0 Å². The Balaban J connectivity index is 1.73. The molecule has 4 heteroatoms. The molecule has 2 aliphatic rings. The number of benzene rings is 2. The second kappa shape index (κ2) is 6.61. The molecule has 1 aliphatic heterocycles. The lowest BCUT2D eigenvalue weighted by Gasteiger charge is -2.43. The van der Waals surface area contributed by atoms with Gasteiger partial charge in [0.15, 0.2) is 6.29 Å². The average molecular weight is 369 g/mol. The van der Waals surface area contributed by atoms with E-state index in [-0.39, 0.29) is 11.1 Å². The van der Waals surface area contributed by atoms with E-state index in [0.29, 0.717) is 18.4 Å². The van der Waals surface area contributed by atoms with E-state index in [4.69, 9.17) is 9.16 Å². The van der Waals surface area contributed by atoms with Crippen molar-refractivity contribution in [2.24, 2.45) is 11.8 Å². The summed E-state index contributed by atoms with van der Waals surface area (Å²) in [6, 6.07) is 21.3. The molecule has 1 saturated heterocycles. The average Bonchev–Trinajstić information content (AvgIpc) is 3.37. The van der Waals surface area contributed by atoms with Crippen LogP contribution in [-0.2, 0) is 9.16 Å². The first-order valence-corrected chi connectivity index (χ1v) is 11.4. The monoisotopic (exact) mass is 368 g/mol. The molecule has 26 heavy (non-hydrogen) atoms. The first kappa shape index (κ1) is 17.9. The lowest BCUT2D eigenvalue weighted by molar-refractivity contribution is -0.123. The lowest BCUT2D eigenvalue weighted by atomic mass is 10.2. The first-order chi connectivity index (χ1) is 12.4. The van der Waals surface area contributed by atoms with Crippen LogP contribution in [0.25, 0.3) is 0 Å². The second-order valence-electron chi connectivity index (χ2n) is 8.60. The van der Waals surface area contributed by atoms with Crippen LogP contribution in [0.15, 0.2) is 60.7 Å².